The van der Waals surface area contributed by atoms with E-state index in [0.717, 1.165) is 0 Å². The molecule has 0 saturated carbocycles. The Morgan fingerprint density at radius 2 is 1.57 bits per heavy atom. The first-order chi connectivity index (χ1) is 6.66. The molecule has 0 heteroatoms. The number of aryl methyl sites for hydroxylation is 1. The van der Waals surface area contributed by atoms with Crippen LogP contribution in [0.2, 0.25) is 0 Å². The lowest BCUT2D eigenvalue weighted by Crippen LogP contribution is -1.83. The van der Waals surface area contributed by atoms with E-state index in [1.165, 1.54) is 22.3 Å². The summed E-state index contributed by atoms with van der Waals surface area (Å²) in [5, 5.41) is 0. The third kappa shape index (κ3) is 1.65. The normalized spacial score (nSPS) is 20.6. The molecule has 1 unspecified atom stereocenters. The van der Waals surface area contributed by atoms with E-state index >= 15 is 0 Å². The Balaban J connectivity index is 2.38. The minimum atomic E-state index is 0.589. The summed E-state index contributed by atoms with van der Waals surface area (Å²) in [4.78, 5) is 0. The van der Waals surface area contributed by atoms with Gasteiger partial charge in [0.15, 0.2) is 0 Å². The lowest BCUT2D eigenvalue weighted by atomic mass is 10.0. The second-order valence-electron chi connectivity index (χ2n) is 4.16. The van der Waals surface area contributed by atoms with Crippen LogP contribution in [0.5, 0.6) is 0 Å². The van der Waals surface area contributed by atoms with Gasteiger partial charge >= 0.3 is 0 Å². The number of rotatable bonds is 1. The van der Waals surface area contributed by atoms with E-state index in [1.807, 2.05) is 0 Å². The van der Waals surface area contributed by atoms with Crippen molar-refractivity contribution in [2.24, 2.45) is 5.92 Å². The molecule has 0 aliphatic heterocycles. The van der Waals surface area contributed by atoms with Gasteiger partial charge in [-0.25, -0.2) is 0 Å². The van der Waals surface area contributed by atoms with Gasteiger partial charge in [0.05, 0.1) is 0 Å². The molecule has 0 amide bonds. The Labute approximate surface area is 86.0 Å². The highest BCUT2D eigenvalue weighted by Crippen LogP contribution is 2.31. The van der Waals surface area contributed by atoms with Crippen LogP contribution in [-0.2, 0) is 0 Å². The fraction of sp³-hybridized carbons (Fsp3) is 0.286. The average Bonchev–Trinajstić information content (AvgIpc) is 2.47. The highest BCUT2D eigenvalue weighted by atomic mass is 14.2. The third-order valence-corrected chi connectivity index (χ3v) is 2.73. The van der Waals surface area contributed by atoms with Crippen molar-refractivity contribution >= 4 is 5.57 Å². The topological polar surface area (TPSA) is 0 Å². The predicted molar refractivity (Wildman–Crippen MR) is 62.1 cm³/mol. The smallest absolute Gasteiger partial charge is 0.00666 e. The molecule has 0 heterocycles. The van der Waals surface area contributed by atoms with Crippen LogP contribution >= 0.6 is 0 Å². The van der Waals surface area contributed by atoms with Crippen molar-refractivity contribution in [1.29, 1.82) is 0 Å². The van der Waals surface area contributed by atoms with Gasteiger partial charge in [0.1, 0.15) is 0 Å². The molecule has 0 bridgehead atoms. The fourth-order valence-electron chi connectivity index (χ4n) is 1.98. The molecule has 72 valence electrons. The van der Waals surface area contributed by atoms with E-state index < -0.39 is 0 Å². The van der Waals surface area contributed by atoms with Gasteiger partial charge in [-0.05, 0) is 36.5 Å². The molecule has 1 aliphatic rings. The molecule has 1 aromatic carbocycles. The van der Waals surface area contributed by atoms with Gasteiger partial charge in [-0.2, -0.15) is 0 Å². The van der Waals surface area contributed by atoms with Crippen LogP contribution in [0.15, 0.2) is 42.0 Å². The summed E-state index contributed by atoms with van der Waals surface area (Å²) < 4.78 is 0. The summed E-state index contributed by atoms with van der Waals surface area (Å²) in [7, 11) is 0. The summed E-state index contributed by atoms with van der Waals surface area (Å²) >= 11 is 0. The summed E-state index contributed by atoms with van der Waals surface area (Å²) in [6, 6.07) is 8.76. The lowest BCUT2D eigenvalue weighted by molar-refractivity contribution is 0.955. The average molecular weight is 184 g/mol. The summed E-state index contributed by atoms with van der Waals surface area (Å²) in [6.07, 6.45) is 4.65. The Morgan fingerprint density at radius 1 is 0.929 bits per heavy atom. The fourth-order valence-corrected chi connectivity index (χ4v) is 1.98. The van der Waals surface area contributed by atoms with Gasteiger partial charge in [0, 0.05) is 0 Å². The second-order valence-corrected chi connectivity index (χ2v) is 4.16. The van der Waals surface area contributed by atoms with Crippen molar-refractivity contribution in [3.8, 4) is 0 Å². The van der Waals surface area contributed by atoms with Gasteiger partial charge < -0.3 is 0 Å². The largest absolute Gasteiger partial charge is 0.0743 e. The van der Waals surface area contributed by atoms with Gasteiger partial charge in [-0.3, -0.25) is 0 Å². The minimum absolute atomic E-state index is 0.589. The molecule has 0 aromatic heterocycles. The molecule has 0 radical (unpaired) electrons. The van der Waals surface area contributed by atoms with Gasteiger partial charge in [-0.15, -0.1) is 0 Å². The van der Waals surface area contributed by atoms with Crippen LogP contribution in [-0.4, -0.2) is 0 Å². The third-order valence-electron chi connectivity index (χ3n) is 2.73. The number of allylic oxidation sites excluding steroid dienone is 4. The van der Waals surface area contributed by atoms with Crippen molar-refractivity contribution in [1.82, 2.24) is 0 Å². The molecule has 1 aliphatic carbocycles. The summed E-state index contributed by atoms with van der Waals surface area (Å²) in [5.41, 5.74) is 5.47. The maximum atomic E-state index is 2.33. The van der Waals surface area contributed by atoms with E-state index in [2.05, 4.69) is 57.2 Å². The van der Waals surface area contributed by atoms with Gasteiger partial charge in [-0.1, -0.05) is 48.9 Å². The lowest BCUT2D eigenvalue weighted by Gasteiger charge is -2.04. The summed E-state index contributed by atoms with van der Waals surface area (Å²) in [5.74, 6) is 0.589. The minimum Gasteiger partial charge on any atom is -0.0743 e. The zero-order valence-electron chi connectivity index (χ0n) is 9.04. The molecular formula is C14H16. The van der Waals surface area contributed by atoms with Crippen molar-refractivity contribution in [2.45, 2.75) is 20.8 Å². The second kappa shape index (κ2) is 3.45. The van der Waals surface area contributed by atoms with E-state index in [0.29, 0.717) is 5.92 Å². The van der Waals surface area contributed by atoms with Crippen LogP contribution in [0.1, 0.15) is 25.0 Å². The van der Waals surface area contributed by atoms with Crippen molar-refractivity contribution in [3.05, 3.63) is 53.1 Å². The Kier molecular flexibility index (Phi) is 2.28. The van der Waals surface area contributed by atoms with Crippen LogP contribution in [0, 0.1) is 12.8 Å². The number of hydrogen-bond donors (Lipinski definition) is 0. The van der Waals surface area contributed by atoms with Gasteiger partial charge in [0.2, 0.25) is 0 Å². The van der Waals surface area contributed by atoms with E-state index in [9.17, 15) is 0 Å². The van der Waals surface area contributed by atoms with Crippen LogP contribution < -0.4 is 0 Å². The quantitative estimate of drug-likeness (QED) is 0.619. The molecule has 14 heavy (non-hydrogen) atoms. The monoisotopic (exact) mass is 184 g/mol. The highest BCUT2D eigenvalue weighted by molar-refractivity contribution is 5.81. The first kappa shape index (κ1) is 9.26. The molecule has 2 rings (SSSR count). The van der Waals surface area contributed by atoms with Crippen LogP contribution in [0.25, 0.3) is 5.57 Å². The predicted octanol–water partition coefficient (Wildman–Crippen LogP) is 3.97. The SMILES string of the molecule is CC1=CC(C)C=C1c1ccc(C)cc1. The Morgan fingerprint density at radius 3 is 2.07 bits per heavy atom. The Bertz CT molecular complexity index is 391. The maximum absolute atomic E-state index is 2.33. The molecule has 1 aromatic rings. The number of hydrogen-bond acceptors (Lipinski definition) is 0. The molecule has 0 saturated heterocycles. The Hall–Kier alpha value is -1.30. The standard InChI is InChI=1S/C14H16/c1-10-4-6-13(7-5-10)14-9-11(2)8-12(14)3/h4-9,11H,1-3H3. The zero-order valence-corrected chi connectivity index (χ0v) is 9.04. The van der Waals surface area contributed by atoms with Crippen molar-refractivity contribution < 1.29 is 0 Å². The number of benzene rings is 1. The summed E-state index contributed by atoms with van der Waals surface area (Å²) in [6.45, 7) is 6.54. The highest BCUT2D eigenvalue weighted by Gasteiger charge is 2.11. The molecule has 0 spiro atoms. The van der Waals surface area contributed by atoms with Crippen molar-refractivity contribution in [2.75, 3.05) is 0 Å². The van der Waals surface area contributed by atoms with E-state index in [-0.39, 0.29) is 0 Å². The van der Waals surface area contributed by atoms with Crippen LogP contribution in [0.4, 0.5) is 0 Å². The first-order valence-corrected chi connectivity index (χ1v) is 5.14. The van der Waals surface area contributed by atoms with Gasteiger partial charge in [0.25, 0.3) is 0 Å². The zero-order chi connectivity index (χ0) is 10.1. The van der Waals surface area contributed by atoms with Crippen LogP contribution in [0.3, 0.4) is 0 Å². The molecular weight excluding hydrogens is 168 g/mol. The van der Waals surface area contributed by atoms with E-state index in [4.69, 9.17) is 0 Å². The molecule has 0 nitrogen and oxygen atoms in total. The molecule has 0 N–H and O–H groups in total. The maximum Gasteiger partial charge on any atom is -0.00666 e. The molecule has 1 atom stereocenters. The molecule has 0 fully saturated rings. The first-order valence-electron chi connectivity index (χ1n) is 5.14. The van der Waals surface area contributed by atoms with E-state index in [1.54, 1.807) is 0 Å². The van der Waals surface area contributed by atoms with Crippen molar-refractivity contribution in [3.63, 3.8) is 0 Å².